The predicted molar refractivity (Wildman–Crippen MR) is 106 cm³/mol. The van der Waals surface area contributed by atoms with Crippen LogP contribution in [0, 0.1) is 13.8 Å². The molecule has 0 radical (unpaired) electrons. The number of nitrogens with zero attached hydrogens (tertiary/aromatic N) is 3. The molecule has 30 heavy (non-hydrogen) atoms. The first-order valence-electron chi connectivity index (χ1n) is 9.16. The van der Waals surface area contributed by atoms with Gasteiger partial charge < -0.3 is 25.2 Å². The zero-order valence-electron chi connectivity index (χ0n) is 16.8. The van der Waals surface area contributed by atoms with Crippen molar-refractivity contribution in [1.82, 2.24) is 14.7 Å². The maximum Gasteiger partial charge on any atom is 0.337 e. The van der Waals surface area contributed by atoms with E-state index in [1.165, 1.54) is 22.8 Å². The van der Waals surface area contributed by atoms with E-state index in [9.17, 15) is 19.5 Å². The Kier molecular flexibility index (Phi) is 5.88. The van der Waals surface area contributed by atoms with Crippen molar-refractivity contribution in [2.24, 2.45) is 0 Å². The van der Waals surface area contributed by atoms with Crippen molar-refractivity contribution in [3.05, 3.63) is 52.5 Å². The second kappa shape index (κ2) is 8.37. The van der Waals surface area contributed by atoms with E-state index < -0.39 is 17.8 Å². The molecule has 2 heterocycles. The number of amides is 1. The third-order valence-electron chi connectivity index (χ3n) is 4.69. The Bertz CT molecular complexity index is 1060. The summed E-state index contributed by atoms with van der Waals surface area (Å²) in [5.74, 6) is -2.32. The highest BCUT2D eigenvalue weighted by Gasteiger charge is 2.34. The summed E-state index contributed by atoms with van der Waals surface area (Å²) in [5.41, 5.74) is 2.29. The number of carbonyl (C=O) groups excluding carboxylic acids is 2. The monoisotopic (exact) mass is 414 g/mol. The number of methoxy groups -OCH3 is 1. The van der Waals surface area contributed by atoms with Crippen molar-refractivity contribution in [1.29, 1.82) is 0 Å². The zero-order valence-corrected chi connectivity index (χ0v) is 16.8. The topological polar surface area (TPSA) is 134 Å². The van der Waals surface area contributed by atoms with Gasteiger partial charge in [-0.05, 0) is 38.1 Å². The molecule has 0 saturated heterocycles. The van der Waals surface area contributed by atoms with E-state index in [2.05, 4.69) is 10.4 Å². The van der Waals surface area contributed by atoms with Gasteiger partial charge >= 0.3 is 11.9 Å². The first kappa shape index (κ1) is 21.1. The number of carboxylic acids is 1. The number of hydrogen-bond acceptors (Lipinski definition) is 7. The molecule has 158 valence electrons. The Morgan fingerprint density at radius 1 is 1.27 bits per heavy atom. The molecule has 0 fully saturated rings. The summed E-state index contributed by atoms with van der Waals surface area (Å²) in [6.07, 6.45) is 0. The number of carbonyl (C=O) groups is 3. The lowest BCUT2D eigenvalue weighted by Gasteiger charge is -2.15. The molecule has 0 saturated carbocycles. The molecule has 1 aliphatic rings. The van der Waals surface area contributed by atoms with Gasteiger partial charge in [0, 0.05) is 17.9 Å². The zero-order chi connectivity index (χ0) is 22.0. The van der Waals surface area contributed by atoms with Gasteiger partial charge in [-0.1, -0.05) is 0 Å². The molecule has 0 spiro atoms. The molecule has 1 aliphatic heterocycles. The van der Waals surface area contributed by atoms with Gasteiger partial charge in [0.15, 0.2) is 0 Å². The summed E-state index contributed by atoms with van der Waals surface area (Å²) in [5, 5.41) is 26.0. The van der Waals surface area contributed by atoms with Gasteiger partial charge in [-0.25, -0.2) is 14.3 Å². The van der Waals surface area contributed by atoms with Crippen LogP contribution in [0.4, 0.5) is 5.69 Å². The smallest absolute Gasteiger partial charge is 0.337 e. The van der Waals surface area contributed by atoms with Crippen LogP contribution in [0.2, 0.25) is 0 Å². The lowest BCUT2D eigenvalue weighted by Crippen LogP contribution is -2.31. The number of aliphatic hydroxyl groups excluding tert-OH is 1. The van der Waals surface area contributed by atoms with Gasteiger partial charge in [0.1, 0.15) is 5.70 Å². The lowest BCUT2D eigenvalue weighted by atomic mass is 10.1. The minimum absolute atomic E-state index is 0.00879. The van der Waals surface area contributed by atoms with Crippen molar-refractivity contribution in [2.45, 2.75) is 13.8 Å². The van der Waals surface area contributed by atoms with Crippen molar-refractivity contribution in [3.8, 4) is 5.69 Å². The van der Waals surface area contributed by atoms with Gasteiger partial charge in [0.2, 0.25) is 0 Å². The Balaban J connectivity index is 2.00. The first-order valence-corrected chi connectivity index (χ1v) is 9.16. The quantitative estimate of drug-likeness (QED) is 0.568. The number of β-amino-alcohol motifs (C(OH)–C–C–N with tert-alkyl or cyclic N) is 1. The summed E-state index contributed by atoms with van der Waals surface area (Å²) < 4.78 is 6.28. The number of esters is 1. The summed E-state index contributed by atoms with van der Waals surface area (Å²) in [6.45, 7) is 3.42. The number of aliphatic hydroxyl groups is 1. The third kappa shape index (κ3) is 3.90. The summed E-state index contributed by atoms with van der Waals surface area (Å²) in [7, 11) is 1.21. The van der Waals surface area contributed by atoms with Crippen LogP contribution in [-0.2, 0) is 14.3 Å². The normalized spacial score (nSPS) is 13.7. The molecule has 0 bridgehead atoms. The molecule has 1 aromatic heterocycles. The van der Waals surface area contributed by atoms with Gasteiger partial charge in [-0.15, -0.1) is 0 Å². The Labute approximate surface area is 172 Å². The molecule has 10 nitrogen and oxygen atoms in total. The SMILES string of the molecule is COC(=O)C1=C(Nc2ccc(-n3nc(C)cc3C)c(C(=O)O)c2)C(=O)N(CCO)C1. The minimum atomic E-state index is -1.16. The third-order valence-corrected chi connectivity index (χ3v) is 4.69. The Hall–Kier alpha value is -3.66. The molecule has 1 amide bonds. The standard InChI is InChI=1S/C20H22N4O6/c1-11-8-12(2)24(22-11)16-5-4-13(9-14(16)19(27)28)21-17-15(20(29)30-3)10-23(6-7-25)18(17)26/h4-5,8-9,21,25H,6-7,10H2,1-3H3,(H,27,28). The molecule has 0 atom stereocenters. The van der Waals surface area contributed by atoms with Crippen LogP contribution < -0.4 is 5.32 Å². The van der Waals surface area contributed by atoms with Crippen LogP contribution in [0.3, 0.4) is 0 Å². The molecule has 1 aromatic carbocycles. The van der Waals surface area contributed by atoms with Crippen molar-refractivity contribution in [2.75, 3.05) is 32.1 Å². The average Bonchev–Trinajstić information content (AvgIpc) is 3.20. The number of hydrogen-bond donors (Lipinski definition) is 3. The number of aromatic nitrogens is 2. The fraction of sp³-hybridized carbons (Fsp3) is 0.300. The Morgan fingerprint density at radius 2 is 2.00 bits per heavy atom. The van der Waals surface area contributed by atoms with Crippen molar-refractivity contribution < 1.29 is 29.3 Å². The Morgan fingerprint density at radius 3 is 2.57 bits per heavy atom. The van der Waals surface area contributed by atoms with Crippen molar-refractivity contribution in [3.63, 3.8) is 0 Å². The first-order chi connectivity index (χ1) is 14.3. The minimum Gasteiger partial charge on any atom is -0.478 e. The highest BCUT2D eigenvalue weighted by atomic mass is 16.5. The van der Waals surface area contributed by atoms with E-state index in [4.69, 9.17) is 9.84 Å². The van der Waals surface area contributed by atoms with Crippen LogP contribution in [0.1, 0.15) is 21.7 Å². The molecule has 3 rings (SSSR count). The highest BCUT2D eigenvalue weighted by Crippen LogP contribution is 2.26. The fourth-order valence-corrected chi connectivity index (χ4v) is 3.34. The van der Waals surface area contributed by atoms with E-state index in [0.717, 1.165) is 11.4 Å². The molecule has 3 N–H and O–H groups in total. The van der Waals surface area contributed by atoms with Crippen LogP contribution in [-0.4, -0.2) is 69.5 Å². The van der Waals surface area contributed by atoms with Crippen molar-refractivity contribution >= 4 is 23.5 Å². The number of rotatable bonds is 7. The summed E-state index contributed by atoms with van der Waals surface area (Å²) in [4.78, 5) is 37.9. The maximum atomic E-state index is 12.6. The lowest BCUT2D eigenvalue weighted by molar-refractivity contribution is -0.136. The van der Waals surface area contributed by atoms with E-state index in [1.54, 1.807) is 12.1 Å². The van der Waals surface area contributed by atoms with Crippen LogP contribution in [0.25, 0.3) is 5.69 Å². The second-order valence-corrected chi connectivity index (χ2v) is 6.80. The number of aryl methyl sites for hydroxylation is 2. The molecule has 0 aliphatic carbocycles. The summed E-state index contributed by atoms with van der Waals surface area (Å²) in [6, 6.07) is 6.38. The second-order valence-electron chi connectivity index (χ2n) is 6.80. The molecular weight excluding hydrogens is 392 g/mol. The highest BCUT2D eigenvalue weighted by molar-refractivity contribution is 6.08. The number of aromatic carboxylic acids is 1. The van der Waals surface area contributed by atoms with Crippen LogP contribution in [0.15, 0.2) is 35.5 Å². The van der Waals surface area contributed by atoms with E-state index in [1.807, 2.05) is 19.9 Å². The van der Waals surface area contributed by atoms with Gasteiger partial charge in [0.25, 0.3) is 5.91 Å². The predicted octanol–water partition coefficient (Wildman–Crippen LogP) is 0.861. The molecular formula is C20H22N4O6. The fourth-order valence-electron chi connectivity index (χ4n) is 3.34. The molecule has 10 heteroatoms. The van der Waals surface area contributed by atoms with Crippen LogP contribution in [0.5, 0.6) is 0 Å². The van der Waals surface area contributed by atoms with Gasteiger partial charge in [-0.2, -0.15) is 5.10 Å². The number of anilines is 1. The van der Waals surface area contributed by atoms with Gasteiger partial charge in [-0.3, -0.25) is 4.79 Å². The van der Waals surface area contributed by atoms with E-state index >= 15 is 0 Å². The molecule has 2 aromatic rings. The van der Waals surface area contributed by atoms with E-state index in [-0.39, 0.29) is 36.5 Å². The number of nitrogens with one attached hydrogen (secondary N) is 1. The number of benzene rings is 1. The van der Waals surface area contributed by atoms with Gasteiger partial charge in [0.05, 0.1) is 42.8 Å². The maximum absolute atomic E-state index is 12.6. The number of carboxylic acid groups (broad SMARTS) is 1. The largest absolute Gasteiger partial charge is 0.478 e. The number of ether oxygens (including phenoxy) is 1. The molecule has 0 unspecified atom stereocenters. The summed E-state index contributed by atoms with van der Waals surface area (Å²) >= 11 is 0. The van der Waals surface area contributed by atoms with E-state index in [0.29, 0.717) is 11.4 Å². The average molecular weight is 414 g/mol. The van der Waals surface area contributed by atoms with Crippen LogP contribution >= 0.6 is 0 Å².